The minimum absolute atomic E-state index is 0.0538. The molecule has 2 heterocycles. The highest BCUT2D eigenvalue weighted by Gasteiger charge is 2.12. The molecule has 0 aliphatic carbocycles. The number of benzene rings is 2. The van der Waals surface area contributed by atoms with Crippen molar-refractivity contribution >= 4 is 67.3 Å². The van der Waals surface area contributed by atoms with E-state index in [1.54, 1.807) is 12.1 Å². The van der Waals surface area contributed by atoms with E-state index in [0.29, 0.717) is 22.3 Å². The average molecular weight is 424 g/mol. The van der Waals surface area contributed by atoms with E-state index >= 15 is 0 Å². The number of fused-ring (bicyclic) bond motifs is 1. The lowest BCUT2D eigenvalue weighted by Gasteiger charge is -2.08. The number of rotatable bonds is 5. The highest BCUT2D eigenvalue weighted by Crippen LogP contribution is 2.32. The summed E-state index contributed by atoms with van der Waals surface area (Å²) in [6, 6.07) is 12.3. The third-order valence-electron chi connectivity index (χ3n) is 4.39. The Morgan fingerprint density at radius 2 is 1.76 bits per heavy atom. The lowest BCUT2D eigenvalue weighted by Crippen LogP contribution is -2.11. The molecule has 0 saturated carbocycles. The van der Waals surface area contributed by atoms with Crippen molar-refractivity contribution < 1.29 is 8.42 Å². The Bertz CT molecular complexity index is 1310. The molecular weight excluding hydrogens is 407 g/mol. The zero-order valence-electron chi connectivity index (χ0n) is 15.7. The molecule has 11 heteroatoms. The topological polar surface area (TPSA) is 123 Å². The standard InChI is InChI=1S/C18H17BN6O2S2/c1-10-8-12(4-7-14(10)19)23-16-15-17(22-9-21-16)25-18(28-15)24-11-2-5-13(6-3-11)29(20,26)27/h2-9H,19H2,1H3,(H2,20,26,27)(H2,21,22,23,24,25). The van der Waals surface area contributed by atoms with E-state index < -0.39 is 10.0 Å². The first-order valence-electron chi connectivity index (χ1n) is 8.65. The zero-order chi connectivity index (χ0) is 20.6. The summed E-state index contributed by atoms with van der Waals surface area (Å²) in [6.07, 6.45) is 1.47. The molecule has 0 atom stereocenters. The minimum Gasteiger partial charge on any atom is -0.339 e. The van der Waals surface area contributed by atoms with E-state index in [9.17, 15) is 8.42 Å². The number of sulfonamides is 1. The molecule has 0 aliphatic heterocycles. The first-order chi connectivity index (χ1) is 13.8. The highest BCUT2D eigenvalue weighted by atomic mass is 32.2. The predicted molar refractivity (Wildman–Crippen MR) is 119 cm³/mol. The number of nitrogens with zero attached hydrogens (tertiary/aromatic N) is 3. The molecule has 8 nitrogen and oxygen atoms in total. The summed E-state index contributed by atoms with van der Waals surface area (Å²) in [7, 11) is -1.65. The molecular formula is C18H17BN6O2S2. The van der Waals surface area contributed by atoms with Gasteiger partial charge in [-0.15, -0.1) is 0 Å². The summed E-state index contributed by atoms with van der Waals surface area (Å²) in [5.41, 5.74) is 4.61. The third-order valence-corrected chi connectivity index (χ3v) is 6.29. The molecule has 146 valence electrons. The largest absolute Gasteiger partial charge is 0.339 e. The summed E-state index contributed by atoms with van der Waals surface area (Å²) in [4.78, 5) is 13.1. The van der Waals surface area contributed by atoms with Gasteiger partial charge < -0.3 is 10.6 Å². The summed E-state index contributed by atoms with van der Waals surface area (Å²) < 4.78 is 23.6. The van der Waals surface area contributed by atoms with Crippen LogP contribution < -0.4 is 21.2 Å². The fourth-order valence-electron chi connectivity index (χ4n) is 2.70. The van der Waals surface area contributed by atoms with Crippen LogP contribution in [0.1, 0.15) is 5.56 Å². The predicted octanol–water partition coefficient (Wildman–Crippen LogP) is 1.79. The monoisotopic (exact) mass is 424 g/mol. The van der Waals surface area contributed by atoms with Gasteiger partial charge in [0.25, 0.3) is 0 Å². The van der Waals surface area contributed by atoms with E-state index in [0.717, 1.165) is 10.4 Å². The van der Waals surface area contributed by atoms with Gasteiger partial charge in [0.1, 0.15) is 18.9 Å². The van der Waals surface area contributed by atoms with Crippen LogP contribution in [-0.4, -0.2) is 31.2 Å². The molecule has 0 amide bonds. The maximum Gasteiger partial charge on any atom is 0.238 e. The Balaban J connectivity index is 1.61. The van der Waals surface area contributed by atoms with Crippen LogP contribution in [0.25, 0.3) is 10.3 Å². The fourth-order valence-corrected chi connectivity index (χ4v) is 4.10. The molecule has 0 fully saturated rings. The minimum atomic E-state index is -3.72. The Kier molecular flexibility index (Phi) is 4.95. The van der Waals surface area contributed by atoms with E-state index in [4.69, 9.17) is 5.14 Å². The fraction of sp³-hybridized carbons (Fsp3) is 0.0556. The summed E-state index contributed by atoms with van der Waals surface area (Å²) in [5, 5.41) is 12.2. The number of nitrogens with two attached hydrogens (primary N) is 1. The van der Waals surface area contributed by atoms with Gasteiger partial charge in [-0.3, -0.25) is 0 Å². The summed E-state index contributed by atoms with van der Waals surface area (Å²) in [5.74, 6) is 0.674. The Hall–Kier alpha value is -3.02. The van der Waals surface area contributed by atoms with E-state index in [2.05, 4.69) is 52.5 Å². The van der Waals surface area contributed by atoms with Crippen LogP contribution in [0.15, 0.2) is 53.7 Å². The van der Waals surface area contributed by atoms with Crippen molar-refractivity contribution in [3.63, 3.8) is 0 Å². The van der Waals surface area contributed by atoms with E-state index in [1.807, 2.05) is 6.07 Å². The van der Waals surface area contributed by atoms with Crippen LogP contribution in [0.4, 0.5) is 22.3 Å². The highest BCUT2D eigenvalue weighted by molar-refractivity contribution is 7.89. The Labute approximate surface area is 172 Å². The lowest BCUT2D eigenvalue weighted by atomic mass is 9.91. The molecule has 4 rings (SSSR count). The van der Waals surface area contributed by atoms with Gasteiger partial charge in [-0.1, -0.05) is 28.4 Å². The van der Waals surface area contributed by atoms with Crippen molar-refractivity contribution in [2.24, 2.45) is 5.14 Å². The number of aryl methyl sites for hydroxylation is 1. The molecule has 0 spiro atoms. The molecule has 0 radical (unpaired) electrons. The number of anilines is 4. The van der Waals surface area contributed by atoms with Gasteiger partial charge in [-0.05, 0) is 43.3 Å². The normalized spacial score (nSPS) is 11.5. The third kappa shape index (κ3) is 4.21. The second-order valence-corrected chi connectivity index (χ2v) is 9.07. The summed E-state index contributed by atoms with van der Waals surface area (Å²) >= 11 is 1.40. The Morgan fingerprint density at radius 3 is 2.45 bits per heavy atom. The van der Waals surface area contributed by atoms with Gasteiger partial charge in [0.2, 0.25) is 10.0 Å². The number of hydrogen-bond acceptors (Lipinski definition) is 8. The van der Waals surface area contributed by atoms with Crippen molar-refractivity contribution in [1.29, 1.82) is 0 Å². The molecule has 2 aromatic carbocycles. The molecule has 0 saturated heterocycles. The van der Waals surface area contributed by atoms with Crippen LogP contribution in [0, 0.1) is 6.92 Å². The van der Waals surface area contributed by atoms with Crippen molar-refractivity contribution in [3.05, 3.63) is 54.4 Å². The van der Waals surface area contributed by atoms with Crippen molar-refractivity contribution in [2.75, 3.05) is 10.6 Å². The van der Waals surface area contributed by atoms with Crippen molar-refractivity contribution in [2.45, 2.75) is 11.8 Å². The van der Waals surface area contributed by atoms with Gasteiger partial charge in [-0.2, -0.15) is 4.98 Å². The first-order valence-corrected chi connectivity index (χ1v) is 11.0. The molecule has 0 bridgehead atoms. The molecule has 4 N–H and O–H groups in total. The van der Waals surface area contributed by atoms with Crippen LogP contribution >= 0.6 is 11.3 Å². The number of nitrogens with one attached hydrogen (secondary N) is 2. The van der Waals surface area contributed by atoms with Crippen molar-refractivity contribution in [1.82, 2.24) is 15.0 Å². The molecule has 0 unspecified atom stereocenters. The van der Waals surface area contributed by atoms with Gasteiger partial charge in [0.05, 0.1) is 4.90 Å². The Morgan fingerprint density at radius 1 is 1.03 bits per heavy atom. The van der Waals surface area contributed by atoms with E-state index in [-0.39, 0.29) is 4.90 Å². The smallest absolute Gasteiger partial charge is 0.238 e. The van der Waals surface area contributed by atoms with Gasteiger partial charge in [-0.25, -0.2) is 23.5 Å². The van der Waals surface area contributed by atoms with Crippen LogP contribution in [-0.2, 0) is 10.0 Å². The molecule has 4 aromatic rings. The lowest BCUT2D eigenvalue weighted by molar-refractivity contribution is 0.598. The van der Waals surface area contributed by atoms with Gasteiger partial charge in [0.15, 0.2) is 16.6 Å². The number of thiazole rings is 1. The molecule has 29 heavy (non-hydrogen) atoms. The van der Waals surface area contributed by atoms with Gasteiger partial charge >= 0.3 is 0 Å². The number of hydrogen-bond donors (Lipinski definition) is 3. The van der Waals surface area contributed by atoms with Crippen LogP contribution in [0.3, 0.4) is 0 Å². The van der Waals surface area contributed by atoms with Gasteiger partial charge in [0, 0.05) is 11.4 Å². The summed E-state index contributed by atoms with van der Waals surface area (Å²) in [6.45, 7) is 2.06. The maximum absolute atomic E-state index is 11.4. The SMILES string of the molecule is Bc1ccc(Nc2ncnc3nc(Nc4ccc(S(N)(=O)=O)cc4)sc23)cc1C. The number of primary sulfonamides is 1. The van der Waals surface area contributed by atoms with Crippen LogP contribution in [0.2, 0.25) is 0 Å². The second kappa shape index (κ2) is 7.43. The second-order valence-electron chi connectivity index (χ2n) is 6.51. The zero-order valence-corrected chi connectivity index (χ0v) is 17.3. The van der Waals surface area contributed by atoms with Crippen LogP contribution in [0.5, 0.6) is 0 Å². The van der Waals surface area contributed by atoms with Crippen molar-refractivity contribution in [3.8, 4) is 0 Å². The maximum atomic E-state index is 11.4. The molecule has 2 aromatic heterocycles. The molecule has 0 aliphatic rings. The quantitative estimate of drug-likeness (QED) is 0.418. The van der Waals surface area contributed by atoms with E-state index in [1.165, 1.54) is 40.8 Å². The first kappa shape index (κ1) is 19.3. The number of aromatic nitrogens is 3. The average Bonchev–Trinajstić information content (AvgIpc) is 3.08.